The van der Waals surface area contributed by atoms with Crippen LogP contribution in [0.5, 0.6) is 0 Å². The molecular formula is C15H19F3N2S. The zero-order chi connectivity index (χ0) is 15.8. The molecule has 0 bridgehead atoms. The standard InChI is InChI=1S/C15H19F3N2S/c1-14(2)6-3-7-20(9-14)10-4-5-11(13(19)21)12(8-10)15(16,17)18/h4-5,8H,3,6-7,9H2,1-2H3,(H2,19,21). The fourth-order valence-corrected chi connectivity index (χ4v) is 3.00. The molecule has 2 N–H and O–H groups in total. The first-order valence-corrected chi connectivity index (χ1v) is 7.27. The van der Waals surface area contributed by atoms with E-state index in [9.17, 15) is 13.2 Å². The van der Waals surface area contributed by atoms with Gasteiger partial charge in [-0.2, -0.15) is 13.2 Å². The lowest BCUT2D eigenvalue weighted by molar-refractivity contribution is -0.137. The third-order valence-corrected chi connectivity index (χ3v) is 4.06. The van der Waals surface area contributed by atoms with Gasteiger partial charge in [0.15, 0.2) is 0 Å². The zero-order valence-corrected chi connectivity index (χ0v) is 12.9. The number of anilines is 1. The van der Waals surface area contributed by atoms with E-state index in [1.165, 1.54) is 6.07 Å². The first kappa shape index (κ1) is 16.1. The van der Waals surface area contributed by atoms with Gasteiger partial charge in [0.05, 0.1) is 5.56 Å². The minimum Gasteiger partial charge on any atom is -0.389 e. The van der Waals surface area contributed by atoms with Crippen LogP contribution in [0.25, 0.3) is 0 Å². The Bertz CT molecular complexity index is 552. The normalized spacial score (nSPS) is 18.6. The van der Waals surface area contributed by atoms with Gasteiger partial charge in [0.2, 0.25) is 0 Å². The summed E-state index contributed by atoms with van der Waals surface area (Å²) in [5.74, 6) is 0. The maximum atomic E-state index is 13.2. The summed E-state index contributed by atoms with van der Waals surface area (Å²) in [6.07, 6.45) is -2.40. The van der Waals surface area contributed by atoms with Crippen molar-refractivity contribution in [1.82, 2.24) is 0 Å². The van der Waals surface area contributed by atoms with Crippen molar-refractivity contribution in [3.8, 4) is 0 Å². The van der Waals surface area contributed by atoms with Crippen LogP contribution in [0.15, 0.2) is 18.2 Å². The first-order chi connectivity index (χ1) is 9.60. The number of hydrogen-bond donors (Lipinski definition) is 1. The SMILES string of the molecule is CC1(C)CCCN(c2ccc(C(N)=S)c(C(F)(F)F)c2)C1. The first-order valence-electron chi connectivity index (χ1n) is 6.86. The van der Waals surface area contributed by atoms with Crippen LogP contribution in [-0.2, 0) is 6.18 Å². The summed E-state index contributed by atoms with van der Waals surface area (Å²) in [5, 5.41) is 0. The molecule has 0 amide bonds. The minimum absolute atomic E-state index is 0.110. The number of hydrogen-bond acceptors (Lipinski definition) is 2. The smallest absolute Gasteiger partial charge is 0.389 e. The number of benzene rings is 1. The average molecular weight is 316 g/mol. The number of alkyl halides is 3. The molecule has 1 aromatic carbocycles. The van der Waals surface area contributed by atoms with E-state index >= 15 is 0 Å². The van der Waals surface area contributed by atoms with Crippen LogP contribution in [0.3, 0.4) is 0 Å². The molecule has 21 heavy (non-hydrogen) atoms. The van der Waals surface area contributed by atoms with Crippen LogP contribution < -0.4 is 10.6 Å². The Morgan fingerprint density at radius 1 is 1.33 bits per heavy atom. The second kappa shape index (κ2) is 5.48. The van der Waals surface area contributed by atoms with Gasteiger partial charge in [-0.15, -0.1) is 0 Å². The van der Waals surface area contributed by atoms with Gasteiger partial charge in [0.25, 0.3) is 0 Å². The van der Waals surface area contributed by atoms with Crippen LogP contribution in [0.1, 0.15) is 37.8 Å². The Hall–Kier alpha value is -1.30. The molecular weight excluding hydrogens is 297 g/mol. The Labute approximate surface area is 128 Å². The van der Waals surface area contributed by atoms with Crippen LogP contribution in [0, 0.1) is 5.41 Å². The van der Waals surface area contributed by atoms with Crippen LogP contribution in [-0.4, -0.2) is 18.1 Å². The quantitative estimate of drug-likeness (QED) is 0.837. The molecule has 0 aromatic heterocycles. The van der Waals surface area contributed by atoms with E-state index in [2.05, 4.69) is 13.8 Å². The monoisotopic (exact) mass is 316 g/mol. The van der Waals surface area contributed by atoms with E-state index < -0.39 is 11.7 Å². The van der Waals surface area contributed by atoms with Crippen molar-refractivity contribution in [3.05, 3.63) is 29.3 Å². The highest BCUT2D eigenvalue weighted by atomic mass is 32.1. The molecule has 0 saturated carbocycles. The molecule has 2 nitrogen and oxygen atoms in total. The molecule has 2 rings (SSSR count). The lowest BCUT2D eigenvalue weighted by Gasteiger charge is -2.39. The number of thiocarbonyl (C=S) groups is 1. The van der Waals surface area contributed by atoms with E-state index in [0.29, 0.717) is 5.69 Å². The zero-order valence-electron chi connectivity index (χ0n) is 12.1. The van der Waals surface area contributed by atoms with Crippen LogP contribution in [0.4, 0.5) is 18.9 Å². The van der Waals surface area contributed by atoms with Gasteiger partial charge >= 0.3 is 6.18 Å². The Balaban J connectivity index is 2.40. The number of halogens is 3. The molecule has 1 saturated heterocycles. The molecule has 1 aromatic rings. The predicted octanol–water partition coefficient (Wildman–Crippen LogP) is 3.97. The molecule has 0 unspecified atom stereocenters. The highest BCUT2D eigenvalue weighted by Crippen LogP contribution is 2.37. The maximum absolute atomic E-state index is 13.2. The van der Waals surface area contributed by atoms with Gasteiger partial charge < -0.3 is 10.6 Å². The number of rotatable bonds is 2. The van der Waals surface area contributed by atoms with E-state index in [1.807, 2.05) is 4.90 Å². The van der Waals surface area contributed by atoms with Gasteiger partial charge in [0, 0.05) is 24.3 Å². The minimum atomic E-state index is -4.46. The van der Waals surface area contributed by atoms with Crippen LogP contribution >= 0.6 is 12.2 Å². The second-order valence-electron chi connectivity index (χ2n) is 6.28. The summed E-state index contributed by atoms with van der Waals surface area (Å²) in [7, 11) is 0. The predicted molar refractivity (Wildman–Crippen MR) is 82.6 cm³/mol. The highest BCUT2D eigenvalue weighted by molar-refractivity contribution is 7.80. The van der Waals surface area contributed by atoms with E-state index in [1.54, 1.807) is 6.07 Å². The largest absolute Gasteiger partial charge is 0.417 e. The fraction of sp³-hybridized carbons (Fsp3) is 0.533. The Kier molecular flexibility index (Phi) is 4.19. The van der Waals surface area contributed by atoms with Gasteiger partial charge in [-0.25, -0.2) is 0 Å². The summed E-state index contributed by atoms with van der Waals surface area (Å²) < 4.78 is 39.5. The molecule has 6 heteroatoms. The lowest BCUT2D eigenvalue weighted by Crippen LogP contribution is -2.40. The van der Waals surface area contributed by atoms with Crippen molar-refractivity contribution in [2.24, 2.45) is 11.1 Å². The van der Waals surface area contributed by atoms with Crippen LogP contribution in [0.2, 0.25) is 0 Å². The second-order valence-corrected chi connectivity index (χ2v) is 6.72. The van der Waals surface area contributed by atoms with Crippen molar-refractivity contribution in [3.63, 3.8) is 0 Å². The topological polar surface area (TPSA) is 29.3 Å². The summed E-state index contributed by atoms with van der Waals surface area (Å²) in [5.41, 5.74) is 5.22. The molecule has 1 fully saturated rings. The Morgan fingerprint density at radius 3 is 2.52 bits per heavy atom. The summed E-state index contributed by atoms with van der Waals surface area (Å²) in [6, 6.07) is 4.21. The van der Waals surface area contributed by atoms with Gasteiger partial charge in [-0.1, -0.05) is 26.1 Å². The maximum Gasteiger partial charge on any atom is 0.417 e. The van der Waals surface area contributed by atoms with Crippen molar-refractivity contribution in [2.75, 3.05) is 18.0 Å². The number of nitrogens with two attached hydrogens (primary N) is 1. The van der Waals surface area contributed by atoms with Gasteiger partial charge in [-0.05, 0) is 36.5 Å². The van der Waals surface area contributed by atoms with Crippen molar-refractivity contribution < 1.29 is 13.2 Å². The molecule has 0 atom stereocenters. The van der Waals surface area contributed by atoms with E-state index in [0.717, 1.165) is 32.0 Å². The number of piperidine rings is 1. The number of nitrogens with zero attached hydrogens (tertiary/aromatic N) is 1. The molecule has 0 spiro atoms. The molecule has 1 heterocycles. The third-order valence-electron chi connectivity index (χ3n) is 3.84. The average Bonchev–Trinajstić information content (AvgIpc) is 2.35. The highest BCUT2D eigenvalue weighted by Gasteiger charge is 2.35. The van der Waals surface area contributed by atoms with Gasteiger partial charge in [0.1, 0.15) is 4.99 Å². The lowest BCUT2D eigenvalue weighted by atomic mass is 9.84. The summed E-state index contributed by atoms with van der Waals surface area (Å²) >= 11 is 4.72. The molecule has 116 valence electrons. The van der Waals surface area contributed by atoms with Gasteiger partial charge in [-0.3, -0.25) is 0 Å². The summed E-state index contributed by atoms with van der Waals surface area (Å²) in [4.78, 5) is 1.77. The van der Waals surface area contributed by atoms with Crippen molar-refractivity contribution in [2.45, 2.75) is 32.9 Å². The summed E-state index contributed by atoms with van der Waals surface area (Å²) in [6.45, 7) is 5.78. The fourth-order valence-electron chi connectivity index (χ4n) is 2.82. The molecule has 1 aliphatic heterocycles. The molecule has 0 aliphatic carbocycles. The Morgan fingerprint density at radius 2 is 2.00 bits per heavy atom. The van der Waals surface area contributed by atoms with E-state index in [-0.39, 0.29) is 16.0 Å². The van der Waals surface area contributed by atoms with E-state index in [4.69, 9.17) is 18.0 Å². The molecule has 1 aliphatic rings. The molecule has 0 radical (unpaired) electrons. The van der Waals surface area contributed by atoms with Crippen molar-refractivity contribution in [1.29, 1.82) is 0 Å². The third kappa shape index (κ3) is 3.67. The van der Waals surface area contributed by atoms with Crippen molar-refractivity contribution >= 4 is 22.9 Å².